The average Bonchev–Trinajstić information content (AvgIpc) is 2.16. The molecule has 0 saturated carbocycles. The molecule has 0 aliphatic heterocycles. The van der Waals surface area contributed by atoms with E-state index in [1.165, 1.54) is 4.90 Å². The highest BCUT2D eigenvalue weighted by molar-refractivity contribution is 6.17. The fourth-order valence-electron chi connectivity index (χ4n) is 1.38. The van der Waals surface area contributed by atoms with Crippen LogP contribution in [-0.2, 0) is 5.88 Å². The Hall–Kier alpha value is -0.830. The van der Waals surface area contributed by atoms with Gasteiger partial charge in [-0.1, -0.05) is 6.07 Å². The number of hydrogen-bond donors (Lipinski definition) is 0. The Morgan fingerprint density at radius 3 is 2.53 bits per heavy atom. The lowest BCUT2D eigenvalue weighted by Gasteiger charge is -2.19. The number of anilines is 1. The van der Waals surface area contributed by atoms with Gasteiger partial charge in [0.2, 0.25) is 0 Å². The molecule has 0 bridgehead atoms. The van der Waals surface area contributed by atoms with Crippen molar-refractivity contribution in [1.29, 1.82) is 0 Å². The van der Waals surface area contributed by atoms with E-state index < -0.39 is 6.43 Å². The van der Waals surface area contributed by atoms with E-state index in [0.717, 1.165) is 16.8 Å². The smallest absolute Gasteiger partial charge is 0.255 e. The topological polar surface area (TPSA) is 3.24 Å². The predicted molar refractivity (Wildman–Crippen MR) is 60.0 cm³/mol. The van der Waals surface area contributed by atoms with E-state index >= 15 is 0 Å². The molecule has 1 aromatic carbocycles. The van der Waals surface area contributed by atoms with Crippen LogP contribution in [0.3, 0.4) is 0 Å². The molecule has 1 aromatic rings. The zero-order chi connectivity index (χ0) is 11.4. The molecule has 84 valence electrons. The van der Waals surface area contributed by atoms with E-state index in [9.17, 15) is 8.78 Å². The minimum Gasteiger partial charge on any atom is -0.369 e. The highest BCUT2D eigenvalue weighted by Gasteiger charge is 2.09. The minimum atomic E-state index is -2.32. The summed E-state index contributed by atoms with van der Waals surface area (Å²) in [5.41, 5.74) is 2.86. The van der Waals surface area contributed by atoms with Gasteiger partial charge in [0.1, 0.15) is 0 Å². The SMILES string of the molecule is Cc1cc(N(C)CC(F)F)ccc1CCl. The summed E-state index contributed by atoms with van der Waals surface area (Å²) in [5, 5.41) is 0. The summed E-state index contributed by atoms with van der Waals surface area (Å²) in [4.78, 5) is 1.54. The first-order chi connectivity index (χ1) is 7.04. The van der Waals surface area contributed by atoms with Crippen molar-refractivity contribution in [2.75, 3.05) is 18.5 Å². The van der Waals surface area contributed by atoms with Crippen molar-refractivity contribution in [1.82, 2.24) is 0 Å². The summed E-state index contributed by atoms with van der Waals surface area (Å²) in [6.07, 6.45) is -2.32. The molecule has 0 amide bonds. The molecule has 0 fully saturated rings. The summed E-state index contributed by atoms with van der Waals surface area (Å²) in [6.45, 7) is 1.68. The third-order valence-corrected chi connectivity index (χ3v) is 2.61. The molecule has 0 spiro atoms. The van der Waals surface area contributed by atoms with Gasteiger partial charge in [0.25, 0.3) is 6.43 Å². The van der Waals surface area contributed by atoms with Crippen molar-refractivity contribution < 1.29 is 8.78 Å². The lowest BCUT2D eigenvalue weighted by atomic mass is 10.1. The number of nitrogens with zero attached hydrogens (tertiary/aromatic N) is 1. The molecule has 1 nitrogen and oxygen atoms in total. The van der Waals surface area contributed by atoms with Crippen molar-refractivity contribution in [3.63, 3.8) is 0 Å². The van der Waals surface area contributed by atoms with Crippen molar-refractivity contribution in [2.45, 2.75) is 19.2 Å². The molecule has 0 unspecified atom stereocenters. The number of rotatable bonds is 4. The third kappa shape index (κ3) is 3.34. The second-order valence-electron chi connectivity index (χ2n) is 3.52. The molecule has 0 atom stereocenters. The van der Waals surface area contributed by atoms with E-state index in [2.05, 4.69) is 0 Å². The van der Waals surface area contributed by atoms with Crippen LogP contribution in [0, 0.1) is 6.92 Å². The molecular weight excluding hydrogens is 220 g/mol. The van der Waals surface area contributed by atoms with Gasteiger partial charge in [-0.05, 0) is 30.2 Å². The molecule has 0 aliphatic rings. The van der Waals surface area contributed by atoms with Crippen LogP contribution >= 0.6 is 11.6 Å². The van der Waals surface area contributed by atoms with Gasteiger partial charge in [0, 0.05) is 18.6 Å². The standard InChI is InChI=1S/C11H14ClF2N/c1-8-5-10(4-3-9(8)6-12)15(2)7-11(13)14/h3-5,11H,6-7H2,1-2H3. The van der Waals surface area contributed by atoms with E-state index in [4.69, 9.17) is 11.6 Å². The van der Waals surface area contributed by atoms with Crippen LogP contribution < -0.4 is 4.90 Å². The van der Waals surface area contributed by atoms with Gasteiger partial charge in [0.05, 0.1) is 6.54 Å². The second kappa shape index (κ2) is 5.31. The molecule has 0 radical (unpaired) electrons. The van der Waals surface area contributed by atoms with Crippen LogP contribution in [-0.4, -0.2) is 20.0 Å². The van der Waals surface area contributed by atoms with Crippen LogP contribution in [0.2, 0.25) is 0 Å². The first-order valence-electron chi connectivity index (χ1n) is 4.69. The van der Waals surface area contributed by atoms with Crippen LogP contribution in [0.15, 0.2) is 18.2 Å². The van der Waals surface area contributed by atoms with Gasteiger partial charge >= 0.3 is 0 Å². The molecule has 0 aliphatic carbocycles. The van der Waals surface area contributed by atoms with Crippen LogP contribution in [0.4, 0.5) is 14.5 Å². The van der Waals surface area contributed by atoms with Crippen molar-refractivity contribution in [3.8, 4) is 0 Å². The first-order valence-corrected chi connectivity index (χ1v) is 5.23. The number of aryl methyl sites for hydroxylation is 1. The fraction of sp³-hybridized carbons (Fsp3) is 0.455. The van der Waals surface area contributed by atoms with E-state index in [0.29, 0.717) is 5.88 Å². The van der Waals surface area contributed by atoms with Gasteiger partial charge < -0.3 is 4.90 Å². The van der Waals surface area contributed by atoms with Gasteiger partial charge in [-0.2, -0.15) is 0 Å². The lowest BCUT2D eigenvalue weighted by Crippen LogP contribution is -2.24. The molecule has 0 saturated heterocycles. The summed E-state index contributed by atoms with van der Waals surface area (Å²) in [6, 6.07) is 5.56. The van der Waals surface area contributed by atoms with Crippen molar-refractivity contribution in [3.05, 3.63) is 29.3 Å². The predicted octanol–water partition coefficient (Wildman–Crippen LogP) is 3.44. The number of benzene rings is 1. The first kappa shape index (κ1) is 12.2. The Morgan fingerprint density at radius 2 is 2.07 bits per heavy atom. The quantitative estimate of drug-likeness (QED) is 0.721. The minimum absolute atomic E-state index is 0.250. The number of halogens is 3. The Morgan fingerprint density at radius 1 is 1.40 bits per heavy atom. The average molecular weight is 234 g/mol. The summed E-state index contributed by atoms with van der Waals surface area (Å²) in [7, 11) is 1.65. The fourth-order valence-corrected chi connectivity index (χ4v) is 1.68. The maximum Gasteiger partial charge on any atom is 0.255 e. The summed E-state index contributed by atoms with van der Waals surface area (Å²) >= 11 is 5.71. The highest BCUT2D eigenvalue weighted by atomic mass is 35.5. The molecule has 0 heterocycles. The number of hydrogen-bond acceptors (Lipinski definition) is 1. The lowest BCUT2D eigenvalue weighted by molar-refractivity contribution is 0.156. The monoisotopic (exact) mass is 233 g/mol. The van der Waals surface area contributed by atoms with Gasteiger partial charge in [-0.3, -0.25) is 0 Å². The zero-order valence-corrected chi connectivity index (χ0v) is 9.56. The van der Waals surface area contributed by atoms with Gasteiger partial charge in [-0.15, -0.1) is 11.6 Å². The van der Waals surface area contributed by atoms with E-state index in [1.807, 2.05) is 25.1 Å². The van der Waals surface area contributed by atoms with Gasteiger partial charge in [0.15, 0.2) is 0 Å². The Labute approximate surface area is 93.7 Å². The van der Waals surface area contributed by atoms with Crippen LogP contribution in [0.5, 0.6) is 0 Å². The molecule has 0 aromatic heterocycles. The Bertz CT molecular complexity index is 328. The molecule has 0 N–H and O–H groups in total. The summed E-state index contributed by atoms with van der Waals surface area (Å²) in [5.74, 6) is 0.449. The normalized spacial score (nSPS) is 10.8. The molecule has 15 heavy (non-hydrogen) atoms. The van der Waals surface area contributed by atoms with Crippen molar-refractivity contribution in [2.24, 2.45) is 0 Å². The number of alkyl halides is 3. The van der Waals surface area contributed by atoms with E-state index in [-0.39, 0.29) is 6.54 Å². The van der Waals surface area contributed by atoms with Crippen LogP contribution in [0.1, 0.15) is 11.1 Å². The maximum atomic E-state index is 12.2. The van der Waals surface area contributed by atoms with Crippen LogP contribution in [0.25, 0.3) is 0 Å². The molecular formula is C11H14ClF2N. The maximum absolute atomic E-state index is 12.2. The summed E-state index contributed by atoms with van der Waals surface area (Å²) < 4.78 is 24.3. The zero-order valence-electron chi connectivity index (χ0n) is 8.80. The van der Waals surface area contributed by atoms with Crippen molar-refractivity contribution >= 4 is 17.3 Å². The molecule has 4 heteroatoms. The Kier molecular flexibility index (Phi) is 4.33. The highest BCUT2D eigenvalue weighted by Crippen LogP contribution is 2.20. The van der Waals surface area contributed by atoms with E-state index in [1.54, 1.807) is 7.05 Å². The van der Waals surface area contributed by atoms with Gasteiger partial charge in [-0.25, -0.2) is 8.78 Å². The Balaban J connectivity index is 2.82. The second-order valence-corrected chi connectivity index (χ2v) is 3.78. The molecule has 1 rings (SSSR count). The third-order valence-electron chi connectivity index (χ3n) is 2.32. The largest absolute Gasteiger partial charge is 0.369 e.